The lowest BCUT2D eigenvalue weighted by molar-refractivity contribution is -0.00437. The normalized spacial score (nSPS) is 24.9. The van der Waals surface area contributed by atoms with Gasteiger partial charge in [0, 0.05) is 6.20 Å². The first-order valence-corrected chi connectivity index (χ1v) is 5.55. The third kappa shape index (κ3) is 2.11. The summed E-state index contributed by atoms with van der Waals surface area (Å²) in [5, 5.41) is 8.79. The largest absolute Gasteiger partial charge is 0.388 e. The second-order valence-electron chi connectivity index (χ2n) is 3.50. The van der Waals surface area contributed by atoms with Gasteiger partial charge in [0.1, 0.15) is 12.8 Å². The molecule has 1 aromatic rings. The molecule has 0 bridgehead atoms. The van der Waals surface area contributed by atoms with Crippen molar-refractivity contribution in [1.82, 2.24) is 9.55 Å². The van der Waals surface area contributed by atoms with Crippen LogP contribution in [-0.4, -0.2) is 20.8 Å². The lowest BCUT2D eigenvalue weighted by Gasteiger charge is -2.14. The molecule has 1 aliphatic rings. The van der Waals surface area contributed by atoms with Gasteiger partial charge in [0.25, 0.3) is 5.56 Å². The van der Waals surface area contributed by atoms with E-state index in [9.17, 15) is 9.59 Å². The zero-order valence-corrected chi connectivity index (χ0v) is 9.81. The van der Waals surface area contributed by atoms with Gasteiger partial charge in [-0.05, 0) is 28.8 Å². The van der Waals surface area contributed by atoms with Crippen molar-refractivity contribution in [2.24, 2.45) is 0 Å². The second kappa shape index (κ2) is 4.52. The topological polar surface area (TPSA) is 84.3 Å². The van der Waals surface area contributed by atoms with Crippen molar-refractivity contribution in [1.29, 1.82) is 0 Å². The molecule has 1 fully saturated rings. The van der Waals surface area contributed by atoms with E-state index in [2.05, 4.69) is 20.9 Å². The molecule has 0 aromatic carbocycles. The Balaban J connectivity index is 2.32. The number of ether oxygens (including phenoxy) is 1. The lowest BCUT2D eigenvalue weighted by Crippen LogP contribution is -2.32. The third-order valence-electron chi connectivity index (χ3n) is 2.43. The summed E-state index contributed by atoms with van der Waals surface area (Å²) in [5.74, 6) is 0. The number of aromatic nitrogens is 2. The first kappa shape index (κ1) is 11.6. The molecule has 2 N–H and O–H groups in total. The Morgan fingerprint density at radius 1 is 1.56 bits per heavy atom. The van der Waals surface area contributed by atoms with E-state index in [-0.39, 0.29) is 10.6 Å². The average molecular weight is 290 g/mol. The van der Waals surface area contributed by atoms with Crippen molar-refractivity contribution in [3.63, 3.8) is 0 Å². The van der Waals surface area contributed by atoms with E-state index < -0.39 is 17.5 Å². The van der Waals surface area contributed by atoms with Crippen LogP contribution in [0.4, 0.5) is 0 Å². The first-order chi connectivity index (χ1) is 7.61. The SMILES string of the molecule is O=c1[nH]c(=O)n([C@H]2CC[C@@H]([CH]O)O2)cc1Br. The van der Waals surface area contributed by atoms with E-state index in [0.29, 0.717) is 12.8 Å². The Morgan fingerprint density at radius 3 is 2.94 bits per heavy atom. The van der Waals surface area contributed by atoms with Gasteiger partial charge in [-0.15, -0.1) is 0 Å². The van der Waals surface area contributed by atoms with E-state index in [1.807, 2.05) is 0 Å². The molecule has 87 valence electrons. The fourth-order valence-electron chi connectivity index (χ4n) is 1.63. The molecule has 2 heterocycles. The van der Waals surface area contributed by atoms with Gasteiger partial charge in [0.15, 0.2) is 0 Å². The molecule has 0 amide bonds. The molecule has 1 aromatic heterocycles. The summed E-state index contributed by atoms with van der Waals surface area (Å²) < 4.78 is 6.96. The highest BCUT2D eigenvalue weighted by Crippen LogP contribution is 2.27. The summed E-state index contributed by atoms with van der Waals surface area (Å²) in [7, 11) is 0. The van der Waals surface area contributed by atoms with Gasteiger partial charge in [0.2, 0.25) is 0 Å². The van der Waals surface area contributed by atoms with Crippen molar-refractivity contribution >= 4 is 15.9 Å². The van der Waals surface area contributed by atoms with Gasteiger partial charge in [-0.3, -0.25) is 14.3 Å². The second-order valence-corrected chi connectivity index (χ2v) is 4.35. The highest BCUT2D eigenvalue weighted by Gasteiger charge is 2.27. The molecule has 7 heteroatoms. The monoisotopic (exact) mass is 289 g/mol. The molecule has 1 radical (unpaired) electrons. The molecule has 6 nitrogen and oxygen atoms in total. The van der Waals surface area contributed by atoms with Crippen LogP contribution in [0.2, 0.25) is 0 Å². The Bertz CT molecular complexity index is 495. The van der Waals surface area contributed by atoms with Gasteiger partial charge in [-0.25, -0.2) is 4.79 Å². The van der Waals surface area contributed by atoms with Gasteiger partial charge in [-0.1, -0.05) is 0 Å². The molecule has 1 saturated heterocycles. The van der Waals surface area contributed by atoms with Crippen molar-refractivity contribution < 1.29 is 9.84 Å². The number of aromatic amines is 1. The first-order valence-electron chi connectivity index (χ1n) is 4.76. The van der Waals surface area contributed by atoms with Crippen LogP contribution in [0.5, 0.6) is 0 Å². The van der Waals surface area contributed by atoms with Crippen molar-refractivity contribution in [3.05, 3.63) is 38.1 Å². The number of aliphatic hydroxyl groups is 1. The van der Waals surface area contributed by atoms with Crippen LogP contribution in [0.3, 0.4) is 0 Å². The van der Waals surface area contributed by atoms with E-state index in [0.717, 1.165) is 6.61 Å². The van der Waals surface area contributed by atoms with Crippen LogP contribution in [0.1, 0.15) is 19.1 Å². The number of H-pyrrole nitrogens is 1. The number of nitrogens with one attached hydrogen (secondary N) is 1. The zero-order valence-electron chi connectivity index (χ0n) is 8.22. The summed E-state index contributed by atoms with van der Waals surface area (Å²) in [6, 6.07) is 0. The summed E-state index contributed by atoms with van der Waals surface area (Å²) >= 11 is 3.04. The molecule has 0 saturated carbocycles. The maximum absolute atomic E-state index is 11.5. The van der Waals surface area contributed by atoms with Crippen LogP contribution >= 0.6 is 15.9 Å². The van der Waals surface area contributed by atoms with Crippen molar-refractivity contribution in [2.75, 3.05) is 0 Å². The number of nitrogens with zero attached hydrogens (tertiary/aromatic N) is 1. The molecule has 2 rings (SSSR count). The fourth-order valence-corrected chi connectivity index (χ4v) is 1.95. The maximum Gasteiger partial charge on any atom is 0.330 e. The molecule has 0 spiro atoms. The fraction of sp³-hybridized carbons (Fsp3) is 0.444. The van der Waals surface area contributed by atoms with Crippen LogP contribution in [0.15, 0.2) is 20.3 Å². The Kier molecular flexibility index (Phi) is 3.27. The minimum absolute atomic E-state index is 0.270. The number of halogens is 1. The predicted octanol–water partition coefficient (Wildman–Crippen LogP) is 0.511. The molecule has 16 heavy (non-hydrogen) atoms. The molecule has 0 unspecified atom stereocenters. The summed E-state index contributed by atoms with van der Waals surface area (Å²) in [4.78, 5) is 24.8. The smallest absolute Gasteiger partial charge is 0.330 e. The Hall–Kier alpha value is -0.920. The van der Waals surface area contributed by atoms with Gasteiger partial charge >= 0.3 is 5.69 Å². The Morgan fingerprint density at radius 2 is 2.31 bits per heavy atom. The average Bonchev–Trinajstić information content (AvgIpc) is 2.71. The highest BCUT2D eigenvalue weighted by atomic mass is 79.9. The number of hydrogen-bond acceptors (Lipinski definition) is 4. The van der Waals surface area contributed by atoms with E-state index >= 15 is 0 Å². The minimum Gasteiger partial charge on any atom is -0.388 e. The van der Waals surface area contributed by atoms with Crippen LogP contribution in [0, 0.1) is 6.61 Å². The van der Waals surface area contributed by atoms with Gasteiger partial charge in [0.05, 0.1) is 10.6 Å². The predicted molar refractivity (Wildman–Crippen MR) is 58.4 cm³/mol. The lowest BCUT2D eigenvalue weighted by atomic mass is 10.2. The van der Waals surface area contributed by atoms with E-state index in [1.54, 1.807) is 0 Å². The maximum atomic E-state index is 11.5. The zero-order chi connectivity index (χ0) is 11.7. The number of aliphatic hydroxyl groups excluding tert-OH is 1. The van der Waals surface area contributed by atoms with Gasteiger partial charge < -0.3 is 9.84 Å². The van der Waals surface area contributed by atoms with E-state index in [4.69, 9.17) is 9.84 Å². The summed E-state index contributed by atoms with van der Waals surface area (Å²) in [6.07, 6.45) is 1.84. The molecular formula is C9H10BrN2O4. The minimum atomic E-state index is -0.517. The summed E-state index contributed by atoms with van der Waals surface area (Å²) in [6.45, 7) is 0.964. The highest BCUT2D eigenvalue weighted by molar-refractivity contribution is 9.10. The third-order valence-corrected chi connectivity index (χ3v) is 3.00. The van der Waals surface area contributed by atoms with Crippen molar-refractivity contribution in [3.8, 4) is 0 Å². The molecule has 2 atom stereocenters. The Labute approximate surface area is 99.0 Å². The number of hydrogen-bond donors (Lipinski definition) is 2. The molecule has 0 aliphatic carbocycles. The van der Waals surface area contributed by atoms with Crippen LogP contribution < -0.4 is 11.2 Å². The van der Waals surface area contributed by atoms with Crippen LogP contribution in [-0.2, 0) is 4.74 Å². The number of rotatable bonds is 2. The summed E-state index contributed by atoms with van der Waals surface area (Å²) in [5.41, 5.74) is -0.985. The van der Waals surface area contributed by atoms with Crippen molar-refractivity contribution in [2.45, 2.75) is 25.2 Å². The van der Waals surface area contributed by atoms with E-state index in [1.165, 1.54) is 10.8 Å². The molecular weight excluding hydrogens is 280 g/mol. The standard InChI is InChI=1S/C9H10BrN2O4/c10-6-3-12(9(15)11-8(6)14)7-2-1-5(4-13)16-7/h3-5,7,13H,1-2H2,(H,11,14,15)/t5-,7+/m0/s1. The van der Waals surface area contributed by atoms with Crippen LogP contribution in [0.25, 0.3) is 0 Å². The quantitative estimate of drug-likeness (QED) is 0.831. The van der Waals surface area contributed by atoms with Gasteiger partial charge in [-0.2, -0.15) is 0 Å². The molecule has 1 aliphatic heterocycles.